The molecule has 0 radical (unpaired) electrons. The molecular weight excluding hydrogens is 1000 g/mol. The maximum atomic E-state index is 13.1. The van der Waals surface area contributed by atoms with Gasteiger partial charge >= 0.3 is 23.9 Å². The van der Waals surface area contributed by atoms with E-state index in [4.69, 9.17) is 28.4 Å². The number of benzene rings is 5. The molecule has 0 amide bonds. The quantitative estimate of drug-likeness (QED) is 0.0212. The SMILES string of the molecule is CCCCCCCCCCCCCCCCCCOc1ccc(OC(=O)c2ccc(OC(=O)c3cccc(OC(=O)c4ccc(OC(=O)c5ccc(OCCCCCCCCCCCCCCCCCC)cc5)cc4)c3)cc2)cc1. The number of hydrogen-bond acceptors (Lipinski definition) is 10. The first-order valence-corrected chi connectivity index (χ1v) is 31.0. The third-order valence-electron chi connectivity index (χ3n) is 14.5. The molecule has 0 saturated carbocycles. The van der Waals surface area contributed by atoms with Crippen LogP contribution in [0, 0.1) is 0 Å². The van der Waals surface area contributed by atoms with E-state index in [0.29, 0.717) is 30.3 Å². The Kier molecular flexibility index (Phi) is 32.8. The van der Waals surface area contributed by atoms with E-state index in [9.17, 15) is 19.2 Å². The predicted octanol–water partition coefficient (Wildman–Crippen LogP) is 19.8. The van der Waals surface area contributed by atoms with Crippen molar-refractivity contribution in [3.05, 3.63) is 144 Å². The molecule has 0 atom stereocenters. The third kappa shape index (κ3) is 27.6. The molecule has 10 nitrogen and oxygen atoms in total. The zero-order chi connectivity index (χ0) is 56.5. The second-order valence-electron chi connectivity index (χ2n) is 21.4. The second kappa shape index (κ2) is 40.7. The summed E-state index contributed by atoms with van der Waals surface area (Å²) in [4.78, 5) is 52.0. The van der Waals surface area contributed by atoms with E-state index < -0.39 is 23.9 Å². The molecule has 0 aliphatic heterocycles. The number of carbonyl (C=O) groups excluding carboxylic acids is 4. The topological polar surface area (TPSA) is 124 Å². The Labute approximate surface area is 480 Å². The molecule has 0 saturated heterocycles. The van der Waals surface area contributed by atoms with E-state index in [-0.39, 0.29) is 33.9 Å². The van der Waals surface area contributed by atoms with Crippen LogP contribution >= 0.6 is 0 Å². The predicted molar refractivity (Wildman–Crippen MR) is 322 cm³/mol. The molecular formula is C70H94O10. The highest BCUT2D eigenvalue weighted by molar-refractivity contribution is 5.95. The Balaban J connectivity index is 0.901. The lowest BCUT2D eigenvalue weighted by molar-refractivity contribution is 0.0712. The van der Waals surface area contributed by atoms with Gasteiger partial charge in [-0.15, -0.1) is 0 Å². The summed E-state index contributed by atoms with van der Waals surface area (Å²) in [7, 11) is 0. The van der Waals surface area contributed by atoms with Crippen molar-refractivity contribution >= 4 is 23.9 Å². The molecule has 434 valence electrons. The molecule has 5 aromatic rings. The highest BCUT2D eigenvalue weighted by Gasteiger charge is 2.16. The van der Waals surface area contributed by atoms with Gasteiger partial charge in [0.1, 0.15) is 34.5 Å². The summed E-state index contributed by atoms with van der Waals surface area (Å²) >= 11 is 0. The fourth-order valence-electron chi connectivity index (χ4n) is 9.64. The highest BCUT2D eigenvalue weighted by atomic mass is 16.5. The van der Waals surface area contributed by atoms with Crippen LogP contribution in [0.3, 0.4) is 0 Å². The Morgan fingerprint density at radius 1 is 0.250 bits per heavy atom. The van der Waals surface area contributed by atoms with Gasteiger partial charge in [-0.25, -0.2) is 19.2 Å². The van der Waals surface area contributed by atoms with Gasteiger partial charge in [0, 0.05) is 0 Å². The summed E-state index contributed by atoms with van der Waals surface area (Å²) in [5.74, 6) is -0.0302. The van der Waals surface area contributed by atoms with E-state index in [0.717, 1.165) is 31.4 Å². The van der Waals surface area contributed by atoms with Gasteiger partial charge < -0.3 is 28.4 Å². The summed E-state index contributed by atoms with van der Waals surface area (Å²) in [6, 6.07) is 32.0. The van der Waals surface area contributed by atoms with Crippen LogP contribution in [0.1, 0.15) is 261 Å². The van der Waals surface area contributed by atoms with Crippen LogP contribution < -0.4 is 28.4 Å². The van der Waals surface area contributed by atoms with Gasteiger partial charge in [0.05, 0.1) is 35.5 Å². The lowest BCUT2D eigenvalue weighted by Gasteiger charge is -2.09. The zero-order valence-corrected chi connectivity index (χ0v) is 48.7. The van der Waals surface area contributed by atoms with Crippen LogP contribution in [-0.2, 0) is 0 Å². The van der Waals surface area contributed by atoms with Gasteiger partial charge in [0.15, 0.2) is 0 Å². The van der Waals surface area contributed by atoms with Crippen molar-refractivity contribution in [3.8, 4) is 34.5 Å². The molecule has 0 aliphatic rings. The summed E-state index contributed by atoms with van der Waals surface area (Å²) in [6.45, 7) is 5.84. The monoisotopic (exact) mass is 1090 g/mol. The van der Waals surface area contributed by atoms with E-state index >= 15 is 0 Å². The minimum absolute atomic E-state index is 0.130. The summed E-state index contributed by atoms with van der Waals surface area (Å²) in [6.07, 6.45) is 42.5. The molecule has 0 aliphatic carbocycles. The molecule has 10 heteroatoms. The molecule has 80 heavy (non-hydrogen) atoms. The van der Waals surface area contributed by atoms with Crippen LogP contribution in [0.2, 0.25) is 0 Å². The standard InChI is InChI=1S/C70H94O10/c1-3-5-7-9-11-13-15-17-19-21-23-25-27-29-31-33-54-75-61-44-38-57(39-45-61)67(71)77-63-46-42-59(43-47-63)69(73)80-66-37-35-36-60(56-66)70(74)79-64-48-40-58(41-49-64)68(72)78-65-52-50-62(51-53-65)76-55-34-32-30-28-26-24-22-20-18-16-14-12-10-8-6-4-2/h35-53,56H,3-34,54-55H2,1-2H3. The highest BCUT2D eigenvalue weighted by Crippen LogP contribution is 2.24. The Morgan fingerprint density at radius 3 is 0.800 bits per heavy atom. The van der Waals surface area contributed by atoms with E-state index in [1.54, 1.807) is 60.7 Å². The maximum absolute atomic E-state index is 13.1. The number of ether oxygens (including phenoxy) is 6. The number of unbranched alkanes of at least 4 members (excludes halogenated alkanes) is 30. The van der Waals surface area contributed by atoms with Crippen molar-refractivity contribution in [1.82, 2.24) is 0 Å². The van der Waals surface area contributed by atoms with Crippen LogP contribution in [0.5, 0.6) is 34.5 Å². The molecule has 0 unspecified atom stereocenters. The molecule has 0 N–H and O–H groups in total. The minimum Gasteiger partial charge on any atom is -0.494 e. The smallest absolute Gasteiger partial charge is 0.343 e. The molecule has 5 rings (SSSR count). The number of hydrogen-bond donors (Lipinski definition) is 0. The first-order valence-electron chi connectivity index (χ1n) is 31.0. The Bertz CT molecular complexity index is 2450. The van der Waals surface area contributed by atoms with Gasteiger partial charge in [-0.2, -0.15) is 0 Å². The lowest BCUT2D eigenvalue weighted by atomic mass is 10.0. The molecule has 5 aromatic carbocycles. The average Bonchev–Trinajstić information content (AvgIpc) is 3.48. The number of esters is 4. The Hall–Kier alpha value is -6.42. The van der Waals surface area contributed by atoms with Gasteiger partial charge in [-0.3, -0.25) is 0 Å². The lowest BCUT2D eigenvalue weighted by Crippen LogP contribution is -2.12. The fraction of sp³-hybridized carbons (Fsp3) is 0.514. The molecule has 0 fully saturated rings. The fourth-order valence-corrected chi connectivity index (χ4v) is 9.64. The van der Waals surface area contributed by atoms with E-state index in [2.05, 4.69) is 13.8 Å². The van der Waals surface area contributed by atoms with Crippen molar-refractivity contribution < 1.29 is 47.6 Å². The third-order valence-corrected chi connectivity index (χ3v) is 14.5. The molecule has 0 spiro atoms. The zero-order valence-electron chi connectivity index (χ0n) is 48.7. The first-order chi connectivity index (χ1) is 39.3. The van der Waals surface area contributed by atoms with Crippen molar-refractivity contribution in [2.45, 2.75) is 219 Å². The Morgan fingerprint density at radius 2 is 0.487 bits per heavy atom. The van der Waals surface area contributed by atoms with Crippen LogP contribution in [-0.4, -0.2) is 37.1 Å². The number of carbonyl (C=O) groups is 4. The van der Waals surface area contributed by atoms with Gasteiger partial charge in [0.25, 0.3) is 0 Å². The molecule has 0 aromatic heterocycles. The summed E-state index contributed by atoms with van der Waals surface area (Å²) in [5.41, 5.74) is 1.01. The van der Waals surface area contributed by atoms with E-state index in [1.807, 2.05) is 0 Å². The summed E-state index contributed by atoms with van der Waals surface area (Å²) in [5, 5.41) is 0. The normalized spacial score (nSPS) is 11.0. The van der Waals surface area contributed by atoms with Crippen molar-refractivity contribution in [2.24, 2.45) is 0 Å². The maximum Gasteiger partial charge on any atom is 0.343 e. The van der Waals surface area contributed by atoms with Gasteiger partial charge in [-0.05, 0) is 128 Å². The number of rotatable bonds is 44. The minimum atomic E-state index is -0.686. The summed E-state index contributed by atoms with van der Waals surface area (Å²) < 4.78 is 34.1. The van der Waals surface area contributed by atoms with Crippen molar-refractivity contribution in [2.75, 3.05) is 13.2 Å². The first kappa shape index (κ1) is 64.4. The van der Waals surface area contributed by atoms with E-state index in [1.165, 1.54) is 240 Å². The van der Waals surface area contributed by atoms with Gasteiger partial charge in [0.2, 0.25) is 0 Å². The second-order valence-corrected chi connectivity index (χ2v) is 21.4. The molecule has 0 heterocycles. The van der Waals surface area contributed by atoms with Crippen molar-refractivity contribution in [3.63, 3.8) is 0 Å². The molecule has 0 bridgehead atoms. The largest absolute Gasteiger partial charge is 0.494 e. The van der Waals surface area contributed by atoms with Crippen LogP contribution in [0.4, 0.5) is 0 Å². The van der Waals surface area contributed by atoms with Crippen LogP contribution in [0.15, 0.2) is 121 Å². The van der Waals surface area contributed by atoms with Crippen molar-refractivity contribution in [1.29, 1.82) is 0 Å². The van der Waals surface area contributed by atoms with Gasteiger partial charge in [-0.1, -0.05) is 213 Å². The average molecular weight is 1100 g/mol. The van der Waals surface area contributed by atoms with Crippen LogP contribution in [0.25, 0.3) is 0 Å².